The van der Waals surface area contributed by atoms with Crippen molar-refractivity contribution in [2.45, 2.75) is 19.8 Å². The molecule has 0 aromatic heterocycles. The lowest BCUT2D eigenvalue weighted by Crippen LogP contribution is -2.08. The molecule has 0 saturated carbocycles. The predicted molar refractivity (Wildman–Crippen MR) is 55.2 cm³/mol. The molecule has 88 valence electrons. The molecule has 0 spiro atoms. The zero-order valence-electron chi connectivity index (χ0n) is 7.74. The Morgan fingerprint density at radius 2 is 1.36 bits per heavy atom. The van der Waals surface area contributed by atoms with Crippen LogP contribution < -0.4 is 16.7 Å². The maximum atomic E-state index is 9.82. The van der Waals surface area contributed by atoms with Crippen molar-refractivity contribution in [3.05, 3.63) is 0 Å². The van der Waals surface area contributed by atoms with Crippen LogP contribution in [0.25, 0.3) is 0 Å². The molecular weight excluding hydrogens is 232 g/mol. The fourth-order valence-electron chi connectivity index (χ4n) is 0.246. The summed E-state index contributed by atoms with van der Waals surface area (Å²) in [5.74, 6) is -0.211. The van der Waals surface area contributed by atoms with E-state index in [0.29, 0.717) is 6.42 Å². The summed E-state index contributed by atoms with van der Waals surface area (Å²) in [6, 6.07) is 0. The first-order valence-electron chi connectivity index (χ1n) is 3.37. The van der Waals surface area contributed by atoms with Gasteiger partial charge in [-0.15, -0.1) is 0 Å². The second-order valence-electron chi connectivity index (χ2n) is 1.86. The van der Waals surface area contributed by atoms with E-state index in [9.17, 15) is 4.79 Å². The Balaban J connectivity index is -0.000000135. The molecule has 0 aliphatic rings. The van der Waals surface area contributed by atoms with Crippen LogP contribution >= 0.6 is 17.1 Å². The highest BCUT2D eigenvalue weighted by Gasteiger charge is 1.84. The minimum absolute atomic E-state index is 0.211. The standard InChI is InChI=1S/C4H9NO.2H4NO2P/c1-2-3-4(5)6;2*1-4(2)3/h2-3H2,1H3,(H2,5,6);2*2-3H,1H2. The maximum Gasteiger partial charge on any atom is 0.247 e. The molecule has 0 saturated heterocycles. The lowest BCUT2D eigenvalue weighted by molar-refractivity contribution is -0.118. The van der Waals surface area contributed by atoms with Crippen molar-refractivity contribution < 1.29 is 24.4 Å². The zero-order chi connectivity index (χ0) is 12.1. The molecular formula is C4H17N3O5P2. The molecule has 14 heavy (non-hydrogen) atoms. The number of hydrogen-bond acceptors (Lipinski definition) is 7. The normalized spacial score (nSPS) is 8.64. The van der Waals surface area contributed by atoms with Crippen molar-refractivity contribution in [2.24, 2.45) is 16.7 Å². The Hall–Kier alpha value is 0.0900. The maximum absolute atomic E-state index is 9.82. The van der Waals surface area contributed by atoms with Gasteiger partial charge in [0.1, 0.15) is 0 Å². The van der Waals surface area contributed by atoms with Gasteiger partial charge in [-0.3, -0.25) is 15.8 Å². The molecule has 0 fully saturated rings. The highest BCUT2D eigenvalue weighted by atomic mass is 31.2. The summed E-state index contributed by atoms with van der Waals surface area (Å²) in [6.07, 6.45) is 1.37. The van der Waals surface area contributed by atoms with E-state index in [2.05, 4.69) is 11.0 Å². The van der Waals surface area contributed by atoms with Gasteiger partial charge < -0.3 is 25.3 Å². The van der Waals surface area contributed by atoms with Crippen LogP contribution in [0.1, 0.15) is 19.8 Å². The Labute approximate surface area is 84.7 Å². The first kappa shape index (κ1) is 19.6. The number of rotatable bonds is 2. The Bertz CT molecular complexity index is 114. The number of primary amides is 1. The summed E-state index contributed by atoms with van der Waals surface area (Å²) in [5.41, 5.74) is 13.3. The molecule has 0 aromatic rings. The van der Waals surface area contributed by atoms with Crippen LogP contribution in [-0.2, 0) is 4.79 Å². The largest absolute Gasteiger partial charge is 0.370 e. The van der Waals surface area contributed by atoms with Crippen LogP contribution in [0.5, 0.6) is 0 Å². The summed E-state index contributed by atoms with van der Waals surface area (Å²) in [6.45, 7) is 1.92. The first-order chi connectivity index (χ1) is 6.23. The van der Waals surface area contributed by atoms with Gasteiger partial charge >= 0.3 is 0 Å². The van der Waals surface area contributed by atoms with Gasteiger partial charge in [-0.25, -0.2) is 0 Å². The Morgan fingerprint density at radius 3 is 1.36 bits per heavy atom. The van der Waals surface area contributed by atoms with E-state index in [1.165, 1.54) is 0 Å². The van der Waals surface area contributed by atoms with E-state index >= 15 is 0 Å². The van der Waals surface area contributed by atoms with Crippen LogP contribution in [0.4, 0.5) is 0 Å². The van der Waals surface area contributed by atoms with Gasteiger partial charge in [0.2, 0.25) is 23.0 Å². The van der Waals surface area contributed by atoms with E-state index < -0.39 is 17.1 Å². The lowest BCUT2D eigenvalue weighted by Gasteiger charge is -1.81. The predicted octanol–water partition coefficient (Wildman–Crippen LogP) is -1.42. The number of amides is 1. The molecule has 0 aliphatic carbocycles. The highest BCUT2D eigenvalue weighted by Crippen LogP contribution is 2.05. The molecule has 10 N–H and O–H groups in total. The van der Waals surface area contributed by atoms with Gasteiger partial charge in [-0.05, 0) is 6.42 Å². The highest BCUT2D eigenvalue weighted by molar-refractivity contribution is 7.42. The Morgan fingerprint density at radius 1 is 1.14 bits per heavy atom. The molecule has 0 aromatic carbocycles. The minimum Gasteiger partial charge on any atom is -0.370 e. The fourth-order valence-corrected chi connectivity index (χ4v) is 0.246. The molecule has 0 radical (unpaired) electrons. The second kappa shape index (κ2) is 15.6. The summed E-state index contributed by atoms with van der Waals surface area (Å²) in [5, 5.41) is 0. The van der Waals surface area contributed by atoms with E-state index in [1.807, 2.05) is 6.92 Å². The monoisotopic (exact) mass is 249 g/mol. The van der Waals surface area contributed by atoms with Crippen molar-refractivity contribution in [1.82, 2.24) is 0 Å². The van der Waals surface area contributed by atoms with Crippen LogP contribution in [-0.4, -0.2) is 25.5 Å². The van der Waals surface area contributed by atoms with E-state index in [1.54, 1.807) is 0 Å². The number of carbonyl (C=O) groups excluding carboxylic acids is 1. The summed E-state index contributed by atoms with van der Waals surface area (Å²) in [7, 11) is -4.24. The number of carbonyl (C=O) groups is 1. The molecule has 0 bridgehead atoms. The smallest absolute Gasteiger partial charge is 0.247 e. The second-order valence-corrected chi connectivity index (χ2v) is 3.14. The van der Waals surface area contributed by atoms with Gasteiger partial charge in [-0.2, -0.15) is 0 Å². The van der Waals surface area contributed by atoms with E-state index in [0.717, 1.165) is 6.42 Å². The third-order valence-electron chi connectivity index (χ3n) is 0.496. The average molecular weight is 249 g/mol. The summed E-state index contributed by atoms with van der Waals surface area (Å²) >= 11 is 0. The van der Waals surface area contributed by atoms with Crippen molar-refractivity contribution >= 4 is 23.0 Å². The first-order valence-corrected chi connectivity index (χ1v) is 6.00. The van der Waals surface area contributed by atoms with Crippen molar-refractivity contribution in [1.29, 1.82) is 0 Å². The molecule has 1 amide bonds. The van der Waals surface area contributed by atoms with Gasteiger partial charge in [0.15, 0.2) is 0 Å². The van der Waals surface area contributed by atoms with Crippen molar-refractivity contribution in [3.63, 3.8) is 0 Å². The Kier molecular flexibility index (Phi) is 21.8. The molecule has 10 heteroatoms. The fraction of sp³-hybridized carbons (Fsp3) is 0.750. The summed E-state index contributed by atoms with van der Waals surface area (Å²) in [4.78, 5) is 39.6. The minimum atomic E-state index is -2.12. The molecule has 0 aliphatic heterocycles. The van der Waals surface area contributed by atoms with Crippen molar-refractivity contribution in [3.8, 4) is 0 Å². The van der Waals surface area contributed by atoms with Gasteiger partial charge in [-0.1, -0.05) is 6.92 Å². The number of nitrogens with two attached hydrogens (primary N) is 3. The van der Waals surface area contributed by atoms with Crippen LogP contribution in [0, 0.1) is 0 Å². The molecule has 0 atom stereocenters. The van der Waals surface area contributed by atoms with Gasteiger partial charge in [0, 0.05) is 6.42 Å². The van der Waals surface area contributed by atoms with Crippen LogP contribution in [0.3, 0.4) is 0 Å². The SMILES string of the molecule is CCCC(N)=O.NP(O)O.NP(O)O. The third kappa shape index (κ3) is 156. The van der Waals surface area contributed by atoms with Crippen LogP contribution in [0.2, 0.25) is 0 Å². The molecule has 0 unspecified atom stereocenters. The topological polar surface area (TPSA) is 176 Å². The molecule has 8 nitrogen and oxygen atoms in total. The lowest BCUT2D eigenvalue weighted by atomic mass is 10.3. The van der Waals surface area contributed by atoms with Gasteiger partial charge in [0.05, 0.1) is 0 Å². The van der Waals surface area contributed by atoms with Crippen molar-refractivity contribution in [2.75, 3.05) is 0 Å². The van der Waals surface area contributed by atoms with Gasteiger partial charge in [0.25, 0.3) is 0 Å². The van der Waals surface area contributed by atoms with E-state index in [-0.39, 0.29) is 5.91 Å². The van der Waals surface area contributed by atoms with E-state index in [4.69, 9.17) is 25.3 Å². The summed E-state index contributed by atoms with van der Waals surface area (Å²) < 4.78 is 0. The molecule has 0 rings (SSSR count). The quantitative estimate of drug-likeness (QED) is 0.294. The number of hydrogen-bond donors (Lipinski definition) is 7. The zero-order valence-corrected chi connectivity index (χ0v) is 9.53. The van der Waals surface area contributed by atoms with Crippen LogP contribution in [0.15, 0.2) is 0 Å². The third-order valence-corrected chi connectivity index (χ3v) is 0.496. The molecule has 0 heterocycles. The average Bonchev–Trinajstić information content (AvgIpc) is 1.82.